The molecule has 0 amide bonds. The van der Waals surface area contributed by atoms with Gasteiger partial charge in [0.05, 0.1) is 6.61 Å². The summed E-state index contributed by atoms with van der Waals surface area (Å²) in [5, 5.41) is 8.38. The minimum absolute atomic E-state index is 0.00558. The summed E-state index contributed by atoms with van der Waals surface area (Å²) in [6.07, 6.45) is 0. The smallest absolute Gasteiger partial charge is 0.537 e. The minimum atomic E-state index is -3.75. The quantitative estimate of drug-likeness (QED) is 0.624. The number of carbonyl (C=O) groups is 1. The molecule has 0 aromatic heterocycles. The minimum Gasteiger partial charge on any atom is -0.537 e. The monoisotopic (exact) mass is 243 g/mol. The van der Waals surface area contributed by atoms with Crippen molar-refractivity contribution in [2.75, 3.05) is 6.61 Å². The van der Waals surface area contributed by atoms with Crippen LogP contribution in [0.2, 0.25) is 0 Å². The van der Waals surface area contributed by atoms with Gasteiger partial charge >= 0.3 is 19.6 Å². The fourth-order valence-electron chi connectivity index (χ4n) is 1.17. The van der Waals surface area contributed by atoms with Crippen molar-refractivity contribution in [2.45, 2.75) is 12.8 Å². The van der Waals surface area contributed by atoms with Crippen LogP contribution in [0.25, 0.3) is 0 Å². The second kappa shape index (κ2) is 5.63. The lowest BCUT2D eigenvalue weighted by molar-refractivity contribution is -0.173. The third-order valence-corrected chi connectivity index (χ3v) is 1.92. The highest BCUT2D eigenvalue weighted by molar-refractivity contribution is 6.17. The van der Waals surface area contributed by atoms with E-state index in [1.807, 2.05) is 0 Å². The molecule has 1 N–H and O–H groups in total. The zero-order valence-corrected chi connectivity index (χ0v) is 9.02. The molecule has 0 aliphatic carbocycles. The molecule has 1 rings (SSSR count). The van der Waals surface area contributed by atoms with Gasteiger partial charge in [0.1, 0.15) is 5.75 Å². The van der Waals surface area contributed by atoms with Crippen LogP contribution in [0, 0.1) is 0 Å². The molecule has 0 heterocycles. The van der Waals surface area contributed by atoms with Gasteiger partial charge < -0.3 is 14.4 Å². The Morgan fingerprint density at radius 2 is 2.24 bits per heavy atom. The van der Waals surface area contributed by atoms with Crippen LogP contribution in [0.4, 0.5) is 8.78 Å². The molecular formula is C10H10BF2O4. The van der Waals surface area contributed by atoms with Crippen LogP contribution in [-0.2, 0) is 15.5 Å². The van der Waals surface area contributed by atoms with Crippen molar-refractivity contribution < 1.29 is 28.0 Å². The van der Waals surface area contributed by atoms with Gasteiger partial charge in [-0.1, -0.05) is 12.1 Å². The van der Waals surface area contributed by atoms with E-state index >= 15 is 0 Å². The number of rotatable bonds is 5. The summed E-state index contributed by atoms with van der Waals surface area (Å²) < 4.78 is 35.9. The number of hydrogen-bond acceptors (Lipinski definition) is 4. The summed E-state index contributed by atoms with van der Waals surface area (Å²) in [6, 6.07) is 4.66. The molecule has 1 radical (unpaired) electrons. The Morgan fingerprint density at radius 1 is 1.53 bits per heavy atom. The average Bonchev–Trinajstić information content (AvgIpc) is 2.30. The van der Waals surface area contributed by atoms with Crippen molar-refractivity contribution in [1.29, 1.82) is 0 Å². The third-order valence-electron chi connectivity index (χ3n) is 1.92. The lowest BCUT2D eigenvalue weighted by atomic mass is 10.1. The number of ether oxygens (including phenoxy) is 1. The Bertz CT molecular complexity index is 398. The topological polar surface area (TPSA) is 55.8 Å². The van der Waals surface area contributed by atoms with E-state index in [4.69, 9.17) is 5.02 Å². The van der Waals surface area contributed by atoms with Gasteiger partial charge in [-0.15, -0.1) is 0 Å². The van der Waals surface area contributed by atoms with Crippen molar-refractivity contribution in [2.24, 2.45) is 0 Å². The van der Waals surface area contributed by atoms with Crippen molar-refractivity contribution in [1.82, 2.24) is 0 Å². The first-order valence-electron chi connectivity index (χ1n) is 4.80. The van der Waals surface area contributed by atoms with E-state index in [0.717, 1.165) is 12.1 Å². The van der Waals surface area contributed by atoms with Crippen LogP contribution in [-0.4, -0.2) is 25.3 Å². The normalized spacial score (nSPS) is 10.8. The molecular weight excluding hydrogens is 233 g/mol. The van der Waals surface area contributed by atoms with Crippen molar-refractivity contribution in [3.63, 3.8) is 0 Å². The fourth-order valence-corrected chi connectivity index (χ4v) is 1.17. The lowest BCUT2D eigenvalue weighted by Crippen LogP contribution is -2.28. The Kier molecular flexibility index (Phi) is 4.45. The Balaban J connectivity index is 2.97. The molecule has 91 valence electrons. The van der Waals surface area contributed by atoms with E-state index in [0.29, 0.717) is 7.69 Å². The average molecular weight is 243 g/mol. The van der Waals surface area contributed by atoms with Crippen molar-refractivity contribution in [3.05, 3.63) is 29.8 Å². The lowest BCUT2D eigenvalue weighted by Gasteiger charge is -2.15. The third kappa shape index (κ3) is 3.16. The van der Waals surface area contributed by atoms with Gasteiger partial charge in [0.2, 0.25) is 0 Å². The molecule has 17 heavy (non-hydrogen) atoms. The molecule has 0 saturated carbocycles. The van der Waals surface area contributed by atoms with E-state index in [9.17, 15) is 13.6 Å². The summed E-state index contributed by atoms with van der Waals surface area (Å²) in [4.78, 5) is 11.1. The number of carbonyl (C=O) groups excluding carboxylic acids is 1. The first kappa shape index (κ1) is 13.4. The molecule has 0 aliphatic heterocycles. The van der Waals surface area contributed by atoms with Crippen molar-refractivity contribution in [3.8, 4) is 5.75 Å². The summed E-state index contributed by atoms with van der Waals surface area (Å²) in [5.74, 6) is -5.37. The fraction of sp³-hybridized carbons (Fsp3) is 0.300. The molecule has 0 aliphatic rings. The molecule has 4 nitrogen and oxygen atoms in total. The summed E-state index contributed by atoms with van der Waals surface area (Å²) in [5.41, 5.74) is -0.560. The highest BCUT2D eigenvalue weighted by atomic mass is 19.3. The van der Waals surface area contributed by atoms with Gasteiger partial charge in [-0.05, 0) is 19.1 Å². The van der Waals surface area contributed by atoms with E-state index in [1.54, 1.807) is 0 Å². The first-order valence-corrected chi connectivity index (χ1v) is 4.80. The summed E-state index contributed by atoms with van der Waals surface area (Å²) in [6.45, 7) is 1.31. The van der Waals surface area contributed by atoms with Crippen LogP contribution < -0.4 is 4.65 Å². The number of esters is 1. The number of benzene rings is 1. The standard InChI is InChI=1S/C10H10BF2O4/c1-2-16-9(14)10(12,13)7-4-3-5-8(6-7)17-11-15/h3-6,15H,2H2,1H3. The van der Waals surface area contributed by atoms with Crippen LogP contribution in [0.1, 0.15) is 12.5 Å². The Labute approximate surface area is 97.5 Å². The van der Waals surface area contributed by atoms with E-state index in [1.165, 1.54) is 19.1 Å². The van der Waals surface area contributed by atoms with Gasteiger partial charge in [-0.3, -0.25) is 0 Å². The van der Waals surface area contributed by atoms with E-state index in [2.05, 4.69) is 9.39 Å². The first-order chi connectivity index (χ1) is 8.02. The molecule has 7 heteroatoms. The van der Waals surface area contributed by atoms with E-state index < -0.39 is 17.5 Å². The number of hydrogen-bond donors (Lipinski definition) is 1. The largest absolute Gasteiger partial charge is 0.569 e. The summed E-state index contributed by atoms with van der Waals surface area (Å²) in [7, 11) is 0.363. The summed E-state index contributed by atoms with van der Waals surface area (Å²) >= 11 is 0. The molecule has 0 fully saturated rings. The van der Waals surface area contributed by atoms with Gasteiger partial charge in [-0.25, -0.2) is 4.79 Å². The number of halogens is 2. The van der Waals surface area contributed by atoms with Crippen LogP contribution >= 0.6 is 0 Å². The molecule has 1 aromatic carbocycles. The Hall–Kier alpha value is -1.63. The highest BCUT2D eigenvalue weighted by Gasteiger charge is 2.42. The SMILES string of the molecule is CCOC(=O)C(F)(F)c1cccc(O[B]O)c1. The van der Waals surface area contributed by atoms with Gasteiger partial charge in [0.25, 0.3) is 0 Å². The predicted octanol–water partition coefficient (Wildman–Crippen LogP) is 1.25. The zero-order chi connectivity index (χ0) is 12.9. The molecule has 0 spiro atoms. The van der Waals surface area contributed by atoms with Gasteiger partial charge in [-0.2, -0.15) is 8.78 Å². The molecule has 0 bridgehead atoms. The molecule has 0 unspecified atom stereocenters. The van der Waals surface area contributed by atoms with Crippen LogP contribution in [0.3, 0.4) is 0 Å². The van der Waals surface area contributed by atoms with Gasteiger partial charge in [0.15, 0.2) is 0 Å². The molecule has 0 atom stereocenters. The number of alkyl halides is 2. The molecule has 0 saturated heterocycles. The van der Waals surface area contributed by atoms with Crippen LogP contribution in [0.5, 0.6) is 5.75 Å². The Morgan fingerprint density at radius 3 is 2.82 bits per heavy atom. The second-order valence-electron chi connectivity index (χ2n) is 3.05. The van der Waals surface area contributed by atoms with E-state index in [-0.39, 0.29) is 12.4 Å². The highest BCUT2D eigenvalue weighted by Crippen LogP contribution is 2.31. The maximum Gasteiger partial charge on any atom is 0.569 e. The maximum absolute atomic E-state index is 13.6. The zero-order valence-electron chi connectivity index (χ0n) is 9.02. The maximum atomic E-state index is 13.6. The van der Waals surface area contributed by atoms with Crippen LogP contribution in [0.15, 0.2) is 24.3 Å². The van der Waals surface area contributed by atoms with Gasteiger partial charge in [0, 0.05) is 5.56 Å². The predicted molar refractivity (Wildman–Crippen MR) is 55.6 cm³/mol. The second-order valence-corrected chi connectivity index (χ2v) is 3.05. The molecule has 1 aromatic rings. The van der Waals surface area contributed by atoms with Crippen molar-refractivity contribution >= 4 is 13.7 Å².